The van der Waals surface area contributed by atoms with Crippen LogP contribution in [-0.4, -0.2) is 11.7 Å². The number of hydrogen-bond acceptors (Lipinski definition) is 1. The Bertz CT molecular complexity index is 496. The highest BCUT2D eigenvalue weighted by atomic mass is 32.1. The number of benzene rings is 1. The lowest BCUT2D eigenvalue weighted by Gasteiger charge is -2.24. The van der Waals surface area contributed by atoms with E-state index in [9.17, 15) is 0 Å². The number of hydrogen-bond donors (Lipinski definition) is 2. The highest BCUT2D eigenvalue weighted by Gasteiger charge is 2.17. The van der Waals surface area contributed by atoms with Crippen LogP contribution in [0.5, 0.6) is 0 Å². The first-order chi connectivity index (χ1) is 10.0. The second-order valence-electron chi connectivity index (χ2n) is 8.00. The molecule has 1 rings (SSSR count). The number of anilines is 1. The Balaban J connectivity index is 3.08. The van der Waals surface area contributed by atoms with Gasteiger partial charge in [0.05, 0.1) is 0 Å². The SMILES string of the molecule is Cc1cc(C(C)C)c(NC(=S)NCC(C)(C)C)c(C(C)C)c1. The van der Waals surface area contributed by atoms with Crippen LogP contribution in [0.4, 0.5) is 5.69 Å². The molecule has 1 aromatic rings. The highest BCUT2D eigenvalue weighted by molar-refractivity contribution is 7.80. The van der Waals surface area contributed by atoms with Crippen LogP contribution >= 0.6 is 12.2 Å². The van der Waals surface area contributed by atoms with Crippen LogP contribution in [0.25, 0.3) is 0 Å². The lowest BCUT2D eigenvalue weighted by molar-refractivity contribution is 0.409. The molecular formula is C19H32N2S. The van der Waals surface area contributed by atoms with Gasteiger partial charge < -0.3 is 10.6 Å². The summed E-state index contributed by atoms with van der Waals surface area (Å²) in [6.07, 6.45) is 0. The van der Waals surface area contributed by atoms with Gasteiger partial charge in [-0.2, -0.15) is 0 Å². The number of rotatable bonds is 4. The summed E-state index contributed by atoms with van der Waals surface area (Å²) >= 11 is 5.51. The van der Waals surface area contributed by atoms with Gasteiger partial charge in [0.15, 0.2) is 5.11 Å². The van der Waals surface area contributed by atoms with E-state index in [0.29, 0.717) is 16.9 Å². The average Bonchev–Trinajstić information content (AvgIpc) is 2.36. The van der Waals surface area contributed by atoms with Gasteiger partial charge in [0, 0.05) is 12.2 Å². The number of nitrogens with one attached hydrogen (secondary N) is 2. The van der Waals surface area contributed by atoms with Crippen LogP contribution in [0, 0.1) is 12.3 Å². The van der Waals surface area contributed by atoms with Gasteiger partial charge in [-0.05, 0) is 47.5 Å². The maximum Gasteiger partial charge on any atom is 0.170 e. The number of thiocarbonyl (C=S) groups is 1. The summed E-state index contributed by atoms with van der Waals surface area (Å²) in [5.41, 5.74) is 5.38. The van der Waals surface area contributed by atoms with Gasteiger partial charge in [-0.1, -0.05) is 66.2 Å². The van der Waals surface area contributed by atoms with Crippen molar-refractivity contribution in [2.75, 3.05) is 11.9 Å². The van der Waals surface area contributed by atoms with Crippen LogP contribution in [0.2, 0.25) is 0 Å². The van der Waals surface area contributed by atoms with E-state index in [1.165, 1.54) is 22.4 Å². The third-order valence-electron chi connectivity index (χ3n) is 3.61. The third kappa shape index (κ3) is 5.60. The van der Waals surface area contributed by atoms with Gasteiger partial charge >= 0.3 is 0 Å². The third-order valence-corrected chi connectivity index (χ3v) is 3.85. The Morgan fingerprint density at radius 1 is 1.05 bits per heavy atom. The molecule has 0 aliphatic rings. The van der Waals surface area contributed by atoms with Gasteiger partial charge in [-0.15, -0.1) is 0 Å². The molecule has 3 heteroatoms. The fourth-order valence-corrected chi connectivity index (χ4v) is 2.58. The van der Waals surface area contributed by atoms with E-state index in [1.54, 1.807) is 0 Å². The molecule has 0 saturated carbocycles. The molecule has 0 fully saturated rings. The minimum Gasteiger partial charge on any atom is -0.362 e. The molecule has 0 unspecified atom stereocenters. The minimum absolute atomic E-state index is 0.209. The van der Waals surface area contributed by atoms with Gasteiger partial charge in [0.1, 0.15) is 0 Å². The Hall–Kier alpha value is -1.09. The summed E-state index contributed by atoms with van der Waals surface area (Å²) in [5, 5.41) is 7.51. The Labute approximate surface area is 142 Å². The van der Waals surface area contributed by atoms with Crippen molar-refractivity contribution >= 4 is 23.0 Å². The van der Waals surface area contributed by atoms with Crippen molar-refractivity contribution in [3.63, 3.8) is 0 Å². The van der Waals surface area contributed by atoms with Crippen LogP contribution in [0.15, 0.2) is 12.1 Å². The molecule has 0 atom stereocenters. The van der Waals surface area contributed by atoms with Crippen molar-refractivity contribution in [1.29, 1.82) is 0 Å². The summed E-state index contributed by atoms with van der Waals surface area (Å²) in [4.78, 5) is 0. The maximum atomic E-state index is 5.51. The summed E-state index contributed by atoms with van der Waals surface area (Å²) in [7, 11) is 0. The van der Waals surface area contributed by atoms with E-state index in [2.05, 4.69) is 78.2 Å². The zero-order valence-electron chi connectivity index (χ0n) is 15.4. The first-order valence-electron chi connectivity index (χ1n) is 8.20. The van der Waals surface area contributed by atoms with Crippen LogP contribution in [0.3, 0.4) is 0 Å². The first kappa shape index (κ1) is 19.0. The van der Waals surface area contributed by atoms with E-state index >= 15 is 0 Å². The van der Waals surface area contributed by atoms with Gasteiger partial charge in [0.2, 0.25) is 0 Å². The monoisotopic (exact) mass is 320 g/mol. The predicted octanol–water partition coefficient (Wildman–Crippen LogP) is 5.57. The standard InChI is InChI=1S/C19H32N2S/c1-12(2)15-9-14(5)10-16(13(3)4)17(15)21-18(22)20-11-19(6,7)8/h9-10,12-13H,11H2,1-8H3,(H2,20,21,22). The molecular weight excluding hydrogens is 288 g/mol. The van der Waals surface area contributed by atoms with Crippen molar-refractivity contribution in [1.82, 2.24) is 5.32 Å². The second-order valence-corrected chi connectivity index (χ2v) is 8.40. The Kier molecular flexibility index (Phi) is 6.42. The summed E-state index contributed by atoms with van der Waals surface area (Å²) < 4.78 is 0. The Morgan fingerprint density at radius 2 is 1.50 bits per heavy atom. The smallest absolute Gasteiger partial charge is 0.170 e. The minimum atomic E-state index is 0.209. The van der Waals surface area contributed by atoms with Crippen molar-refractivity contribution in [3.05, 3.63) is 28.8 Å². The lowest BCUT2D eigenvalue weighted by atomic mass is 9.90. The molecule has 0 radical (unpaired) electrons. The fourth-order valence-electron chi connectivity index (χ4n) is 2.40. The Morgan fingerprint density at radius 3 is 1.86 bits per heavy atom. The molecule has 124 valence electrons. The van der Waals surface area contributed by atoms with E-state index in [4.69, 9.17) is 12.2 Å². The van der Waals surface area contributed by atoms with Crippen LogP contribution < -0.4 is 10.6 Å². The van der Waals surface area contributed by atoms with Crippen molar-refractivity contribution < 1.29 is 0 Å². The fraction of sp³-hybridized carbons (Fsp3) is 0.632. The summed E-state index contributed by atoms with van der Waals surface area (Å²) in [5.74, 6) is 0.927. The number of aryl methyl sites for hydroxylation is 1. The van der Waals surface area contributed by atoms with E-state index in [1.807, 2.05) is 0 Å². The second kappa shape index (κ2) is 7.45. The molecule has 1 aromatic carbocycles. The molecule has 0 spiro atoms. The maximum absolute atomic E-state index is 5.51. The highest BCUT2D eigenvalue weighted by Crippen LogP contribution is 2.33. The van der Waals surface area contributed by atoms with E-state index in [0.717, 1.165) is 6.54 Å². The average molecular weight is 321 g/mol. The van der Waals surface area contributed by atoms with Gasteiger partial charge in [-0.3, -0.25) is 0 Å². The quantitative estimate of drug-likeness (QED) is 0.709. The molecule has 2 nitrogen and oxygen atoms in total. The molecule has 0 amide bonds. The zero-order chi connectivity index (χ0) is 17.1. The van der Waals surface area contributed by atoms with Crippen molar-refractivity contribution in [2.45, 2.75) is 67.2 Å². The molecule has 0 heterocycles. The van der Waals surface area contributed by atoms with Gasteiger partial charge in [0.25, 0.3) is 0 Å². The van der Waals surface area contributed by atoms with E-state index in [-0.39, 0.29) is 5.41 Å². The molecule has 0 aliphatic heterocycles. The van der Waals surface area contributed by atoms with Gasteiger partial charge in [-0.25, -0.2) is 0 Å². The topological polar surface area (TPSA) is 24.1 Å². The van der Waals surface area contributed by atoms with Crippen molar-refractivity contribution in [2.24, 2.45) is 5.41 Å². The lowest BCUT2D eigenvalue weighted by Crippen LogP contribution is -2.35. The molecule has 0 aromatic heterocycles. The molecule has 2 N–H and O–H groups in total. The normalized spacial score (nSPS) is 11.9. The van der Waals surface area contributed by atoms with Crippen LogP contribution in [-0.2, 0) is 0 Å². The molecule has 0 aliphatic carbocycles. The molecule has 0 bridgehead atoms. The predicted molar refractivity (Wildman–Crippen MR) is 103 cm³/mol. The largest absolute Gasteiger partial charge is 0.362 e. The van der Waals surface area contributed by atoms with Crippen LogP contribution in [0.1, 0.15) is 77.0 Å². The molecule has 0 saturated heterocycles. The van der Waals surface area contributed by atoms with Crippen molar-refractivity contribution in [3.8, 4) is 0 Å². The summed E-state index contributed by atoms with van der Waals surface area (Å²) in [6, 6.07) is 4.54. The van der Waals surface area contributed by atoms with E-state index < -0.39 is 0 Å². The first-order valence-corrected chi connectivity index (χ1v) is 8.61. The summed E-state index contributed by atoms with van der Waals surface area (Å²) in [6.45, 7) is 18.6. The molecule has 22 heavy (non-hydrogen) atoms. The zero-order valence-corrected chi connectivity index (χ0v) is 16.2.